The molecule has 2 unspecified atom stereocenters. The highest BCUT2D eigenvalue weighted by atomic mass is 35.5. The summed E-state index contributed by atoms with van der Waals surface area (Å²) < 4.78 is 0. The number of rotatable bonds is 5. The number of halogens is 1. The van der Waals surface area contributed by atoms with E-state index in [-0.39, 0.29) is 11.7 Å². The molecule has 2 atom stereocenters. The van der Waals surface area contributed by atoms with E-state index in [9.17, 15) is 10.1 Å². The molecular weight excluding hydrogens is 240 g/mol. The van der Waals surface area contributed by atoms with E-state index in [2.05, 4.69) is 19.2 Å². The third kappa shape index (κ3) is 3.60. The van der Waals surface area contributed by atoms with E-state index in [1.54, 1.807) is 6.07 Å². The molecular formula is C12H17ClN2O2. The molecule has 0 aliphatic rings. The van der Waals surface area contributed by atoms with E-state index in [4.69, 9.17) is 11.6 Å². The number of nitrogens with one attached hydrogen (secondary N) is 1. The van der Waals surface area contributed by atoms with Crippen molar-refractivity contribution in [3.63, 3.8) is 0 Å². The first-order valence-corrected chi connectivity index (χ1v) is 6.04. The second-order valence-electron chi connectivity index (χ2n) is 4.24. The van der Waals surface area contributed by atoms with Crippen LogP contribution in [-0.2, 0) is 0 Å². The molecule has 0 fully saturated rings. The van der Waals surface area contributed by atoms with Crippen LogP contribution in [0.4, 0.5) is 11.4 Å². The third-order valence-electron chi connectivity index (χ3n) is 3.04. The molecule has 1 rings (SSSR count). The maximum atomic E-state index is 10.7. The number of nitro groups is 1. The minimum Gasteiger partial charge on any atom is -0.381 e. The summed E-state index contributed by atoms with van der Waals surface area (Å²) in [5.74, 6) is 0.477. The number of non-ortho nitro benzene ring substituents is 1. The summed E-state index contributed by atoms with van der Waals surface area (Å²) in [6.07, 6.45) is 1.04. The Bertz CT molecular complexity index is 409. The number of nitrogens with zero attached hydrogens (tertiary/aromatic N) is 1. The van der Waals surface area contributed by atoms with E-state index in [0.717, 1.165) is 6.42 Å². The summed E-state index contributed by atoms with van der Waals surface area (Å²) in [6.45, 7) is 6.28. The maximum Gasteiger partial charge on any atom is 0.271 e. The fourth-order valence-corrected chi connectivity index (χ4v) is 1.65. The highest BCUT2D eigenvalue weighted by Gasteiger charge is 2.14. The van der Waals surface area contributed by atoms with Crippen molar-refractivity contribution >= 4 is 23.0 Å². The molecule has 0 saturated carbocycles. The monoisotopic (exact) mass is 256 g/mol. The molecule has 0 aliphatic heterocycles. The number of hydrogen-bond donors (Lipinski definition) is 1. The molecule has 5 heteroatoms. The summed E-state index contributed by atoms with van der Waals surface area (Å²) in [4.78, 5) is 10.3. The average molecular weight is 257 g/mol. The first kappa shape index (κ1) is 13.8. The molecule has 0 aliphatic carbocycles. The molecule has 1 aromatic carbocycles. The minimum atomic E-state index is -0.421. The number of anilines is 1. The van der Waals surface area contributed by atoms with Crippen LogP contribution in [0, 0.1) is 16.0 Å². The zero-order valence-corrected chi connectivity index (χ0v) is 11.0. The quantitative estimate of drug-likeness (QED) is 0.638. The van der Waals surface area contributed by atoms with E-state index in [0.29, 0.717) is 16.6 Å². The van der Waals surface area contributed by atoms with Crippen molar-refractivity contribution in [2.75, 3.05) is 5.32 Å². The molecule has 0 bridgehead atoms. The minimum absolute atomic E-state index is 0.0493. The Morgan fingerprint density at radius 1 is 1.47 bits per heavy atom. The largest absolute Gasteiger partial charge is 0.381 e. The second kappa shape index (κ2) is 5.87. The van der Waals surface area contributed by atoms with Gasteiger partial charge in [0.25, 0.3) is 5.69 Å². The van der Waals surface area contributed by atoms with Crippen molar-refractivity contribution in [1.29, 1.82) is 0 Å². The lowest BCUT2D eigenvalue weighted by Crippen LogP contribution is -2.23. The lowest BCUT2D eigenvalue weighted by atomic mass is 10.0. The molecule has 0 amide bonds. The topological polar surface area (TPSA) is 55.2 Å². The predicted octanol–water partition coefficient (Wildman–Crippen LogP) is 4.09. The van der Waals surface area contributed by atoms with E-state index < -0.39 is 4.92 Å². The Morgan fingerprint density at radius 2 is 2.12 bits per heavy atom. The molecule has 0 spiro atoms. The Hall–Kier alpha value is -1.29. The number of nitro benzene ring substituents is 1. The van der Waals surface area contributed by atoms with Crippen molar-refractivity contribution < 1.29 is 4.92 Å². The Labute approximate surface area is 106 Å². The van der Waals surface area contributed by atoms with E-state index in [1.807, 2.05) is 6.92 Å². The summed E-state index contributed by atoms with van der Waals surface area (Å²) in [7, 11) is 0. The van der Waals surface area contributed by atoms with Gasteiger partial charge in [0.05, 0.1) is 15.6 Å². The van der Waals surface area contributed by atoms with Crippen LogP contribution >= 0.6 is 11.6 Å². The molecule has 0 radical (unpaired) electrons. The Balaban J connectivity index is 2.89. The van der Waals surface area contributed by atoms with Gasteiger partial charge in [-0.2, -0.15) is 0 Å². The van der Waals surface area contributed by atoms with Gasteiger partial charge in [0.15, 0.2) is 0 Å². The molecule has 1 N–H and O–H groups in total. The summed E-state index contributed by atoms with van der Waals surface area (Å²) in [5, 5.41) is 14.4. The van der Waals surface area contributed by atoms with Gasteiger partial charge in [-0.15, -0.1) is 0 Å². The zero-order chi connectivity index (χ0) is 13.0. The number of hydrogen-bond acceptors (Lipinski definition) is 3. The summed E-state index contributed by atoms with van der Waals surface area (Å²) in [5.41, 5.74) is 0.668. The summed E-state index contributed by atoms with van der Waals surface area (Å²) in [6, 6.07) is 4.65. The first-order valence-electron chi connectivity index (χ1n) is 5.66. The Kier molecular flexibility index (Phi) is 4.75. The van der Waals surface area contributed by atoms with Gasteiger partial charge in [0.1, 0.15) is 0 Å². The molecule has 1 aromatic rings. The highest BCUT2D eigenvalue weighted by Crippen LogP contribution is 2.28. The third-order valence-corrected chi connectivity index (χ3v) is 3.37. The van der Waals surface area contributed by atoms with Crippen LogP contribution in [0.5, 0.6) is 0 Å². The van der Waals surface area contributed by atoms with Crippen LogP contribution < -0.4 is 5.32 Å². The van der Waals surface area contributed by atoms with Gasteiger partial charge in [-0.1, -0.05) is 31.9 Å². The van der Waals surface area contributed by atoms with Crippen LogP contribution in [0.2, 0.25) is 5.02 Å². The zero-order valence-electron chi connectivity index (χ0n) is 10.2. The molecule has 4 nitrogen and oxygen atoms in total. The first-order chi connectivity index (χ1) is 7.95. The lowest BCUT2D eigenvalue weighted by molar-refractivity contribution is -0.384. The van der Waals surface area contributed by atoms with Crippen molar-refractivity contribution in [2.45, 2.75) is 33.2 Å². The van der Waals surface area contributed by atoms with Gasteiger partial charge >= 0.3 is 0 Å². The SMILES string of the molecule is CCC(C)C(C)Nc1cc([N+](=O)[O-])ccc1Cl. The van der Waals surface area contributed by atoms with Crippen LogP contribution in [0.15, 0.2) is 18.2 Å². The van der Waals surface area contributed by atoms with Gasteiger partial charge < -0.3 is 5.32 Å². The average Bonchev–Trinajstić information content (AvgIpc) is 2.30. The van der Waals surface area contributed by atoms with Gasteiger partial charge in [0.2, 0.25) is 0 Å². The fourth-order valence-electron chi connectivity index (χ4n) is 1.48. The second-order valence-corrected chi connectivity index (χ2v) is 4.65. The fraction of sp³-hybridized carbons (Fsp3) is 0.500. The molecule has 0 heterocycles. The van der Waals surface area contributed by atoms with Gasteiger partial charge in [0, 0.05) is 18.2 Å². The molecule has 0 aromatic heterocycles. The van der Waals surface area contributed by atoms with Crippen molar-refractivity contribution in [3.8, 4) is 0 Å². The van der Waals surface area contributed by atoms with Crippen LogP contribution in [0.1, 0.15) is 27.2 Å². The molecule has 94 valence electrons. The van der Waals surface area contributed by atoms with Crippen LogP contribution in [0.3, 0.4) is 0 Å². The molecule has 17 heavy (non-hydrogen) atoms. The molecule has 0 saturated heterocycles. The van der Waals surface area contributed by atoms with E-state index in [1.165, 1.54) is 12.1 Å². The smallest absolute Gasteiger partial charge is 0.271 e. The summed E-state index contributed by atoms with van der Waals surface area (Å²) >= 11 is 6.01. The van der Waals surface area contributed by atoms with Crippen molar-refractivity contribution in [3.05, 3.63) is 33.3 Å². The normalized spacial score (nSPS) is 14.1. The van der Waals surface area contributed by atoms with Crippen LogP contribution in [0.25, 0.3) is 0 Å². The number of benzene rings is 1. The van der Waals surface area contributed by atoms with Gasteiger partial charge in [-0.05, 0) is 18.9 Å². The lowest BCUT2D eigenvalue weighted by Gasteiger charge is -2.21. The van der Waals surface area contributed by atoms with Crippen LogP contribution in [-0.4, -0.2) is 11.0 Å². The van der Waals surface area contributed by atoms with Crippen molar-refractivity contribution in [1.82, 2.24) is 0 Å². The Morgan fingerprint density at radius 3 is 2.65 bits per heavy atom. The predicted molar refractivity (Wildman–Crippen MR) is 70.6 cm³/mol. The standard InChI is InChI=1S/C12H17ClN2O2/c1-4-8(2)9(3)14-12-7-10(15(16)17)5-6-11(12)13/h5-9,14H,4H2,1-3H3. The van der Waals surface area contributed by atoms with Gasteiger partial charge in [-0.3, -0.25) is 10.1 Å². The van der Waals surface area contributed by atoms with E-state index >= 15 is 0 Å². The van der Waals surface area contributed by atoms with Crippen molar-refractivity contribution in [2.24, 2.45) is 5.92 Å². The maximum absolute atomic E-state index is 10.7. The highest BCUT2D eigenvalue weighted by molar-refractivity contribution is 6.33. The van der Waals surface area contributed by atoms with Gasteiger partial charge in [-0.25, -0.2) is 0 Å².